The molecule has 154 valence electrons. The van der Waals surface area contributed by atoms with Crippen molar-refractivity contribution in [3.63, 3.8) is 0 Å². The fourth-order valence-electron chi connectivity index (χ4n) is 5.43. The van der Waals surface area contributed by atoms with E-state index in [1.165, 1.54) is 56.6 Å². The molecule has 2 aromatic rings. The lowest BCUT2D eigenvalue weighted by Crippen LogP contribution is -2.58. The van der Waals surface area contributed by atoms with E-state index in [-0.39, 0.29) is 6.03 Å². The van der Waals surface area contributed by atoms with E-state index in [9.17, 15) is 4.79 Å². The number of carbonyl (C=O) groups excluding carboxylic acids is 1. The Balaban J connectivity index is 1.11. The predicted molar refractivity (Wildman–Crippen MR) is 118 cm³/mol. The van der Waals surface area contributed by atoms with Crippen LogP contribution in [0.2, 0.25) is 0 Å². The Kier molecular flexibility index (Phi) is 5.57. The number of nitrogens with one attached hydrogen (secondary N) is 2. The molecule has 0 spiro atoms. The van der Waals surface area contributed by atoms with Gasteiger partial charge in [0.1, 0.15) is 0 Å². The number of nitrogens with zero attached hydrogens (tertiary/aromatic N) is 2. The second-order valence-corrected chi connectivity index (χ2v) is 9.57. The molecule has 4 aliphatic rings. The van der Waals surface area contributed by atoms with Crippen LogP contribution in [0.15, 0.2) is 41.1 Å². The monoisotopic (exact) mass is 410 g/mol. The second-order valence-electron chi connectivity index (χ2n) is 8.79. The molecule has 4 unspecified atom stereocenters. The van der Waals surface area contributed by atoms with Gasteiger partial charge in [-0.2, -0.15) is 11.3 Å². The van der Waals surface area contributed by atoms with Gasteiger partial charge in [0.15, 0.2) is 0 Å². The molecular formula is C23H30N4OS. The zero-order valence-corrected chi connectivity index (χ0v) is 17.7. The molecule has 6 rings (SSSR count). The number of benzene rings is 1. The van der Waals surface area contributed by atoms with Crippen molar-refractivity contribution in [1.82, 2.24) is 15.1 Å². The van der Waals surface area contributed by atoms with Crippen LogP contribution in [-0.4, -0.2) is 54.6 Å². The number of amides is 2. The van der Waals surface area contributed by atoms with Crippen LogP contribution in [0.4, 0.5) is 10.5 Å². The van der Waals surface area contributed by atoms with Crippen LogP contribution >= 0.6 is 11.3 Å². The third-order valence-electron chi connectivity index (χ3n) is 6.99. The molecule has 1 aromatic heterocycles. The maximum Gasteiger partial charge on any atom is 0.319 e. The summed E-state index contributed by atoms with van der Waals surface area (Å²) in [6, 6.07) is 11.2. The maximum atomic E-state index is 12.1. The highest BCUT2D eigenvalue weighted by molar-refractivity contribution is 7.08. The van der Waals surface area contributed by atoms with Crippen molar-refractivity contribution < 1.29 is 4.79 Å². The number of hydrogen-bond donors (Lipinski definition) is 2. The van der Waals surface area contributed by atoms with Gasteiger partial charge in [0.2, 0.25) is 0 Å². The van der Waals surface area contributed by atoms with Crippen molar-refractivity contribution in [1.29, 1.82) is 0 Å². The average Bonchev–Trinajstić information content (AvgIpc) is 3.26. The molecule has 0 radical (unpaired) electrons. The van der Waals surface area contributed by atoms with Crippen LogP contribution in [0.25, 0.3) is 0 Å². The molecule has 29 heavy (non-hydrogen) atoms. The van der Waals surface area contributed by atoms with E-state index in [1.54, 1.807) is 11.3 Å². The molecule has 2 bridgehead atoms. The standard InChI is InChI=1S/C23H30N4OS/c28-23(25-21-7-10-29-16-21)24-12-22-11-18-6-9-27(22)15-20(18)14-26-8-5-17-3-1-2-4-19(17)13-26/h1-4,7,10,16,18,20,22H,5-6,8-9,11-15H2,(H2,24,25,28). The molecule has 3 saturated heterocycles. The van der Waals surface area contributed by atoms with Gasteiger partial charge in [-0.3, -0.25) is 9.80 Å². The van der Waals surface area contributed by atoms with E-state index < -0.39 is 0 Å². The number of fused-ring (bicyclic) bond motifs is 4. The first-order valence-corrected chi connectivity index (χ1v) is 11.8. The van der Waals surface area contributed by atoms with E-state index in [2.05, 4.69) is 44.7 Å². The van der Waals surface area contributed by atoms with Gasteiger partial charge < -0.3 is 10.6 Å². The van der Waals surface area contributed by atoms with E-state index in [0.717, 1.165) is 30.6 Å². The molecule has 5 heterocycles. The van der Waals surface area contributed by atoms with Gasteiger partial charge >= 0.3 is 6.03 Å². The van der Waals surface area contributed by atoms with Crippen LogP contribution in [0.1, 0.15) is 24.0 Å². The van der Waals surface area contributed by atoms with Crippen LogP contribution in [-0.2, 0) is 13.0 Å². The van der Waals surface area contributed by atoms with E-state index in [1.807, 2.05) is 16.8 Å². The van der Waals surface area contributed by atoms with Crippen molar-refractivity contribution in [3.8, 4) is 0 Å². The van der Waals surface area contributed by atoms with Gasteiger partial charge in [-0.25, -0.2) is 4.79 Å². The number of piperidine rings is 3. The summed E-state index contributed by atoms with van der Waals surface area (Å²) < 4.78 is 0. The lowest BCUT2D eigenvalue weighted by Gasteiger charge is -2.51. The summed E-state index contributed by atoms with van der Waals surface area (Å²) in [6.45, 7) is 6.62. The lowest BCUT2D eigenvalue weighted by atomic mass is 9.75. The molecule has 4 aliphatic heterocycles. The third kappa shape index (κ3) is 4.34. The molecule has 2 N–H and O–H groups in total. The van der Waals surface area contributed by atoms with Crippen molar-refractivity contribution >= 4 is 23.1 Å². The number of thiophene rings is 1. The van der Waals surface area contributed by atoms with Crippen LogP contribution in [0.5, 0.6) is 0 Å². The van der Waals surface area contributed by atoms with Crippen molar-refractivity contribution in [2.75, 3.05) is 38.0 Å². The first-order chi connectivity index (χ1) is 14.2. The number of anilines is 1. The largest absolute Gasteiger partial charge is 0.336 e. The van der Waals surface area contributed by atoms with Crippen LogP contribution < -0.4 is 10.6 Å². The molecule has 2 amide bonds. The molecule has 0 saturated carbocycles. The van der Waals surface area contributed by atoms with Gasteiger partial charge in [0.25, 0.3) is 0 Å². The molecule has 6 heteroatoms. The maximum absolute atomic E-state index is 12.1. The minimum absolute atomic E-state index is 0.0884. The summed E-state index contributed by atoms with van der Waals surface area (Å²) in [5, 5.41) is 9.93. The molecular weight excluding hydrogens is 380 g/mol. The summed E-state index contributed by atoms with van der Waals surface area (Å²) in [4.78, 5) is 17.4. The quantitative estimate of drug-likeness (QED) is 0.791. The van der Waals surface area contributed by atoms with Crippen LogP contribution in [0, 0.1) is 11.8 Å². The van der Waals surface area contributed by atoms with Gasteiger partial charge in [-0.1, -0.05) is 24.3 Å². The predicted octanol–water partition coefficient (Wildman–Crippen LogP) is 3.64. The Morgan fingerprint density at radius 3 is 2.86 bits per heavy atom. The van der Waals surface area contributed by atoms with E-state index >= 15 is 0 Å². The van der Waals surface area contributed by atoms with Crippen LogP contribution in [0.3, 0.4) is 0 Å². The Hall–Kier alpha value is -1.89. The second kappa shape index (κ2) is 8.46. The van der Waals surface area contributed by atoms with Gasteiger partial charge in [0, 0.05) is 44.1 Å². The summed E-state index contributed by atoms with van der Waals surface area (Å²) in [7, 11) is 0. The first kappa shape index (κ1) is 19.1. The normalized spacial score (nSPS) is 28.7. The van der Waals surface area contributed by atoms with Crippen molar-refractivity contribution in [3.05, 3.63) is 52.2 Å². The molecule has 4 atom stereocenters. The van der Waals surface area contributed by atoms with Crippen molar-refractivity contribution in [2.45, 2.75) is 31.8 Å². The summed E-state index contributed by atoms with van der Waals surface area (Å²) in [5.74, 6) is 1.56. The zero-order valence-electron chi connectivity index (χ0n) is 16.8. The Bertz CT molecular complexity index is 839. The number of hydrogen-bond acceptors (Lipinski definition) is 4. The van der Waals surface area contributed by atoms with Gasteiger partial charge in [-0.05, 0) is 60.2 Å². The van der Waals surface area contributed by atoms with E-state index in [4.69, 9.17) is 0 Å². The topological polar surface area (TPSA) is 47.6 Å². The highest BCUT2D eigenvalue weighted by Gasteiger charge is 2.40. The average molecular weight is 411 g/mol. The Morgan fingerprint density at radius 1 is 1.17 bits per heavy atom. The number of carbonyl (C=O) groups is 1. The van der Waals surface area contributed by atoms with Gasteiger partial charge in [-0.15, -0.1) is 0 Å². The summed E-state index contributed by atoms with van der Waals surface area (Å²) in [6.07, 6.45) is 3.71. The van der Waals surface area contributed by atoms with Crippen molar-refractivity contribution in [2.24, 2.45) is 11.8 Å². The highest BCUT2D eigenvalue weighted by atomic mass is 32.1. The summed E-state index contributed by atoms with van der Waals surface area (Å²) in [5.41, 5.74) is 3.92. The number of rotatable bonds is 5. The van der Waals surface area contributed by atoms with E-state index in [0.29, 0.717) is 6.04 Å². The van der Waals surface area contributed by atoms with Gasteiger partial charge in [0.05, 0.1) is 5.69 Å². The minimum atomic E-state index is -0.0884. The first-order valence-electron chi connectivity index (χ1n) is 10.8. The third-order valence-corrected chi connectivity index (χ3v) is 7.68. The lowest BCUT2D eigenvalue weighted by molar-refractivity contribution is -0.0124. The summed E-state index contributed by atoms with van der Waals surface area (Å²) >= 11 is 1.59. The zero-order chi connectivity index (χ0) is 19.6. The SMILES string of the molecule is O=C(NCC1CC2CCN1CC2CN1CCc2ccccc2C1)Nc1ccsc1. The molecule has 5 nitrogen and oxygen atoms in total. The Labute approximate surface area is 177 Å². The fraction of sp³-hybridized carbons (Fsp3) is 0.522. The molecule has 1 aromatic carbocycles. The molecule has 0 aliphatic carbocycles. The number of urea groups is 1. The molecule has 3 fully saturated rings. The Morgan fingerprint density at radius 2 is 2.07 bits per heavy atom. The highest BCUT2D eigenvalue weighted by Crippen LogP contribution is 2.37. The minimum Gasteiger partial charge on any atom is -0.336 e. The smallest absolute Gasteiger partial charge is 0.319 e. The fourth-order valence-corrected chi connectivity index (χ4v) is 6.02.